The third-order valence-electron chi connectivity index (χ3n) is 4.38. The second-order valence-corrected chi connectivity index (χ2v) is 6.35. The van der Waals surface area contributed by atoms with E-state index in [0.717, 1.165) is 38.0 Å². The summed E-state index contributed by atoms with van der Waals surface area (Å²) in [5.41, 5.74) is 7.09. The molecule has 0 amide bonds. The van der Waals surface area contributed by atoms with Gasteiger partial charge in [0, 0.05) is 38.8 Å². The van der Waals surface area contributed by atoms with Gasteiger partial charge in [-0.15, -0.1) is 0 Å². The van der Waals surface area contributed by atoms with Gasteiger partial charge in [-0.05, 0) is 23.8 Å². The molecule has 3 nitrogen and oxygen atoms in total. The number of hydrogen-bond donors (Lipinski definition) is 2. The summed E-state index contributed by atoms with van der Waals surface area (Å²) < 4.78 is 0. The molecule has 1 aromatic rings. The zero-order chi connectivity index (χ0) is 14.4. The number of piperidine rings is 1. The molecule has 2 rings (SSSR count). The summed E-state index contributed by atoms with van der Waals surface area (Å²) in [6, 6.07) is 11.2. The van der Waals surface area contributed by atoms with E-state index in [9.17, 15) is 0 Å². The van der Waals surface area contributed by atoms with E-state index in [2.05, 4.69) is 54.4 Å². The van der Waals surface area contributed by atoms with Crippen molar-refractivity contribution in [3.63, 3.8) is 0 Å². The largest absolute Gasteiger partial charge is 0.329 e. The maximum Gasteiger partial charge on any atom is 0.0208 e. The minimum absolute atomic E-state index is 0.586. The van der Waals surface area contributed by atoms with Crippen molar-refractivity contribution < 1.29 is 0 Å². The van der Waals surface area contributed by atoms with Crippen LogP contribution in [0.15, 0.2) is 30.3 Å². The maximum atomic E-state index is 5.73. The predicted molar refractivity (Wildman–Crippen MR) is 85.5 cm³/mol. The first-order chi connectivity index (χ1) is 9.69. The van der Waals surface area contributed by atoms with Crippen LogP contribution in [0.1, 0.15) is 25.8 Å². The second kappa shape index (κ2) is 7.77. The van der Waals surface area contributed by atoms with Crippen LogP contribution in [0.25, 0.3) is 0 Å². The number of likely N-dealkylation sites (tertiary alicyclic amines) is 1. The highest BCUT2D eigenvalue weighted by molar-refractivity contribution is 5.14. The van der Waals surface area contributed by atoms with Gasteiger partial charge in [-0.25, -0.2) is 0 Å². The lowest BCUT2D eigenvalue weighted by molar-refractivity contribution is 0.118. The Labute approximate surface area is 123 Å². The van der Waals surface area contributed by atoms with E-state index in [1.165, 1.54) is 18.5 Å². The lowest BCUT2D eigenvalue weighted by Gasteiger charge is -2.39. The van der Waals surface area contributed by atoms with E-state index in [4.69, 9.17) is 5.73 Å². The van der Waals surface area contributed by atoms with Gasteiger partial charge in [0.05, 0.1) is 0 Å². The summed E-state index contributed by atoms with van der Waals surface area (Å²) in [4.78, 5) is 2.52. The van der Waals surface area contributed by atoms with E-state index >= 15 is 0 Å². The SMILES string of the molecule is CC(C)C1CC(NCc2ccccc2)CN(CCN)C1. The molecule has 3 N–H and O–H groups in total. The van der Waals surface area contributed by atoms with Crippen LogP contribution < -0.4 is 11.1 Å². The summed E-state index contributed by atoms with van der Waals surface area (Å²) >= 11 is 0. The van der Waals surface area contributed by atoms with Gasteiger partial charge in [0.25, 0.3) is 0 Å². The number of nitrogens with one attached hydrogen (secondary N) is 1. The van der Waals surface area contributed by atoms with Crippen LogP contribution in [0.3, 0.4) is 0 Å². The standard InChI is InChI=1S/C17H29N3/c1-14(2)16-10-17(13-20(12-16)9-8-18)19-11-15-6-4-3-5-7-15/h3-7,14,16-17,19H,8-13,18H2,1-2H3. The molecule has 1 aliphatic heterocycles. The molecule has 2 unspecified atom stereocenters. The fourth-order valence-corrected chi connectivity index (χ4v) is 3.09. The van der Waals surface area contributed by atoms with Gasteiger partial charge in [-0.3, -0.25) is 0 Å². The van der Waals surface area contributed by atoms with E-state index in [1.807, 2.05) is 0 Å². The second-order valence-electron chi connectivity index (χ2n) is 6.35. The minimum atomic E-state index is 0.586. The van der Waals surface area contributed by atoms with E-state index in [1.54, 1.807) is 0 Å². The number of nitrogens with two attached hydrogens (primary N) is 1. The maximum absolute atomic E-state index is 5.73. The van der Waals surface area contributed by atoms with Gasteiger partial charge in [0.1, 0.15) is 0 Å². The van der Waals surface area contributed by atoms with Crippen molar-refractivity contribution in [1.29, 1.82) is 0 Å². The van der Waals surface area contributed by atoms with Crippen LogP contribution >= 0.6 is 0 Å². The molecule has 2 atom stereocenters. The molecule has 20 heavy (non-hydrogen) atoms. The highest BCUT2D eigenvalue weighted by Crippen LogP contribution is 2.23. The molecular formula is C17H29N3. The van der Waals surface area contributed by atoms with Crippen LogP contribution in [0, 0.1) is 11.8 Å². The Morgan fingerprint density at radius 1 is 1.25 bits per heavy atom. The van der Waals surface area contributed by atoms with Gasteiger partial charge in [0.2, 0.25) is 0 Å². The van der Waals surface area contributed by atoms with Crippen molar-refractivity contribution >= 4 is 0 Å². The first-order valence-corrected chi connectivity index (χ1v) is 7.88. The minimum Gasteiger partial charge on any atom is -0.329 e. The Hall–Kier alpha value is -0.900. The molecule has 0 spiro atoms. The van der Waals surface area contributed by atoms with Crippen LogP contribution in [0.5, 0.6) is 0 Å². The Morgan fingerprint density at radius 2 is 2.00 bits per heavy atom. The molecule has 0 bridgehead atoms. The van der Waals surface area contributed by atoms with E-state index < -0.39 is 0 Å². The molecule has 0 radical (unpaired) electrons. The Balaban J connectivity index is 1.88. The first kappa shape index (κ1) is 15.5. The van der Waals surface area contributed by atoms with Gasteiger partial charge in [-0.2, -0.15) is 0 Å². The quantitative estimate of drug-likeness (QED) is 0.835. The lowest BCUT2D eigenvalue weighted by Crippen LogP contribution is -2.51. The van der Waals surface area contributed by atoms with Crippen LogP contribution in [0.2, 0.25) is 0 Å². The summed E-state index contributed by atoms with van der Waals surface area (Å²) in [7, 11) is 0. The molecule has 1 fully saturated rings. The smallest absolute Gasteiger partial charge is 0.0208 e. The number of rotatable bonds is 6. The number of hydrogen-bond acceptors (Lipinski definition) is 3. The Morgan fingerprint density at radius 3 is 2.65 bits per heavy atom. The molecule has 0 saturated carbocycles. The highest BCUT2D eigenvalue weighted by atomic mass is 15.2. The monoisotopic (exact) mass is 275 g/mol. The fourth-order valence-electron chi connectivity index (χ4n) is 3.09. The Kier molecular flexibility index (Phi) is 6.02. The predicted octanol–water partition coefficient (Wildman–Crippen LogP) is 2.08. The Bertz CT molecular complexity index is 377. The summed E-state index contributed by atoms with van der Waals surface area (Å²) in [6.45, 7) is 9.76. The van der Waals surface area contributed by atoms with Crippen LogP contribution in [-0.2, 0) is 6.54 Å². The van der Waals surface area contributed by atoms with Gasteiger partial charge in [0.15, 0.2) is 0 Å². The average Bonchev–Trinajstić information content (AvgIpc) is 2.46. The molecule has 0 aromatic heterocycles. The van der Waals surface area contributed by atoms with Crippen molar-refractivity contribution in [3.05, 3.63) is 35.9 Å². The normalized spacial score (nSPS) is 24.2. The zero-order valence-corrected chi connectivity index (χ0v) is 12.9. The molecule has 3 heteroatoms. The van der Waals surface area contributed by atoms with Crippen molar-refractivity contribution in [3.8, 4) is 0 Å². The van der Waals surface area contributed by atoms with Crippen molar-refractivity contribution in [2.75, 3.05) is 26.2 Å². The van der Waals surface area contributed by atoms with Crippen LogP contribution in [-0.4, -0.2) is 37.1 Å². The molecule has 1 heterocycles. The highest BCUT2D eigenvalue weighted by Gasteiger charge is 2.28. The summed E-state index contributed by atoms with van der Waals surface area (Å²) in [6.07, 6.45) is 1.28. The van der Waals surface area contributed by atoms with Crippen molar-refractivity contribution in [2.24, 2.45) is 17.6 Å². The van der Waals surface area contributed by atoms with E-state index in [0.29, 0.717) is 6.04 Å². The van der Waals surface area contributed by atoms with E-state index in [-0.39, 0.29) is 0 Å². The van der Waals surface area contributed by atoms with Gasteiger partial charge in [-0.1, -0.05) is 44.2 Å². The topological polar surface area (TPSA) is 41.3 Å². The number of benzene rings is 1. The average molecular weight is 275 g/mol. The molecule has 1 aliphatic rings. The first-order valence-electron chi connectivity index (χ1n) is 7.88. The molecule has 112 valence electrons. The van der Waals surface area contributed by atoms with Crippen molar-refractivity contribution in [2.45, 2.75) is 32.9 Å². The summed E-state index contributed by atoms with van der Waals surface area (Å²) in [5.74, 6) is 1.53. The van der Waals surface area contributed by atoms with Gasteiger partial charge < -0.3 is 16.0 Å². The van der Waals surface area contributed by atoms with Crippen molar-refractivity contribution in [1.82, 2.24) is 10.2 Å². The third-order valence-corrected chi connectivity index (χ3v) is 4.38. The number of nitrogens with zero attached hydrogens (tertiary/aromatic N) is 1. The molecule has 1 aromatic carbocycles. The molecular weight excluding hydrogens is 246 g/mol. The third kappa shape index (κ3) is 4.58. The molecule has 1 saturated heterocycles. The van der Waals surface area contributed by atoms with Gasteiger partial charge >= 0.3 is 0 Å². The lowest BCUT2D eigenvalue weighted by atomic mass is 9.85. The zero-order valence-electron chi connectivity index (χ0n) is 12.9. The fraction of sp³-hybridized carbons (Fsp3) is 0.647. The van der Waals surface area contributed by atoms with Crippen LogP contribution in [0.4, 0.5) is 0 Å². The summed E-state index contributed by atoms with van der Waals surface area (Å²) in [5, 5.41) is 3.73. The molecule has 0 aliphatic carbocycles.